The lowest BCUT2D eigenvalue weighted by molar-refractivity contribution is -0.196. The molecular weight excluding hydrogens is 376 g/mol. The summed E-state index contributed by atoms with van der Waals surface area (Å²) in [4.78, 5) is 49.9. The number of rotatable bonds is 2. The third-order valence-corrected chi connectivity index (χ3v) is 4.12. The van der Waals surface area contributed by atoms with Crippen LogP contribution < -0.4 is 21.9 Å². The van der Waals surface area contributed by atoms with E-state index in [0.717, 1.165) is 19.2 Å². The fraction of sp³-hybridized carbons (Fsp3) is 0.200. The zero-order chi connectivity index (χ0) is 20.1. The van der Waals surface area contributed by atoms with Crippen molar-refractivity contribution in [2.75, 3.05) is 5.32 Å². The molecule has 1 aromatic heterocycles. The molecule has 0 bridgehead atoms. The number of nitrogens with one attached hydrogen (secondary N) is 3. The van der Waals surface area contributed by atoms with E-state index in [0.29, 0.717) is 4.57 Å². The second-order valence-corrected chi connectivity index (χ2v) is 5.68. The van der Waals surface area contributed by atoms with Gasteiger partial charge in [-0.3, -0.25) is 23.9 Å². The minimum absolute atomic E-state index is 0.581. The van der Waals surface area contributed by atoms with Gasteiger partial charge in [-0.05, 0) is 12.1 Å². The average Bonchev–Trinajstić information content (AvgIpc) is 2.87. The number of benzene rings is 1. The van der Waals surface area contributed by atoms with Gasteiger partial charge in [0.2, 0.25) is 0 Å². The second kappa shape index (κ2) is 5.79. The summed E-state index contributed by atoms with van der Waals surface area (Å²) >= 11 is 0. The first-order chi connectivity index (χ1) is 12.5. The van der Waals surface area contributed by atoms with Gasteiger partial charge in [0.05, 0.1) is 5.56 Å². The summed E-state index contributed by atoms with van der Waals surface area (Å²) in [6, 6.07) is 4.17. The summed E-state index contributed by atoms with van der Waals surface area (Å²) in [6.45, 7) is 0. The molecular formula is C15H10F4N4O4. The number of anilines is 1. The Bertz CT molecular complexity index is 1090. The van der Waals surface area contributed by atoms with E-state index in [2.05, 4.69) is 0 Å². The molecule has 27 heavy (non-hydrogen) atoms. The lowest BCUT2D eigenvalue weighted by Crippen LogP contribution is -2.62. The van der Waals surface area contributed by atoms with Crippen LogP contribution in [0, 0.1) is 5.82 Å². The molecule has 2 aromatic rings. The summed E-state index contributed by atoms with van der Waals surface area (Å²) in [6.07, 6.45) is -5.48. The number of H-pyrrole nitrogens is 1. The number of hydrogen-bond donors (Lipinski definition) is 3. The van der Waals surface area contributed by atoms with E-state index in [1.165, 1.54) is 17.4 Å². The molecule has 0 fully saturated rings. The lowest BCUT2D eigenvalue weighted by atomic mass is 9.91. The first-order valence-corrected chi connectivity index (χ1v) is 7.29. The number of carbonyl (C=O) groups excluding carboxylic acids is 2. The third kappa shape index (κ3) is 2.52. The Hall–Kier alpha value is -3.44. The number of hydrogen-bond acceptors (Lipinski definition) is 4. The molecule has 0 spiro atoms. The molecule has 3 rings (SSSR count). The van der Waals surface area contributed by atoms with Crippen LogP contribution in [0.1, 0.15) is 15.9 Å². The van der Waals surface area contributed by atoms with Gasteiger partial charge in [-0.2, -0.15) is 13.2 Å². The van der Waals surface area contributed by atoms with E-state index in [-0.39, 0.29) is 0 Å². The normalized spacial score (nSPS) is 18.8. The lowest BCUT2D eigenvalue weighted by Gasteiger charge is -2.30. The molecule has 1 atom stereocenters. The molecule has 0 saturated heterocycles. The fourth-order valence-corrected chi connectivity index (χ4v) is 2.77. The van der Waals surface area contributed by atoms with Crippen molar-refractivity contribution in [2.45, 2.75) is 11.7 Å². The van der Waals surface area contributed by atoms with Crippen LogP contribution in [0.15, 0.2) is 33.9 Å². The monoisotopic (exact) mass is 386 g/mol. The van der Waals surface area contributed by atoms with Crippen molar-refractivity contribution in [1.82, 2.24) is 14.9 Å². The van der Waals surface area contributed by atoms with Gasteiger partial charge in [0, 0.05) is 7.05 Å². The average molecular weight is 386 g/mol. The molecule has 8 nitrogen and oxygen atoms in total. The summed E-state index contributed by atoms with van der Waals surface area (Å²) in [7, 11) is 1.02. The minimum atomic E-state index is -5.48. The number of nitrogens with zero attached hydrogens (tertiary/aromatic N) is 1. The Morgan fingerprint density at radius 2 is 1.81 bits per heavy atom. The number of halogens is 4. The maximum absolute atomic E-state index is 13.9. The number of alkyl halides is 3. The smallest absolute Gasteiger partial charge is 0.326 e. The first-order valence-electron chi connectivity index (χ1n) is 7.29. The summed E-state index contributed by atoms with van der Waals surface area (Å²) < 4.78 is 56.1. The van der Waals surface area contributed by atoms with Gasteiger partial charge in [-0.25, -0.2) is 9.18 Å². The summed E-state index contributed by atoms with van der Waals surface area (Å²) in [5.41, 5.74) is -8.37. The van der Waals surface area contributed by atoms with Crippen molar-refractivity contribution < 1.29 is 27.2 Å². The van der Waals surface area contributed by atoms with Crippen LogP contribution in [0.5, 0.6) is 0 Å². The molecule has 0 radical (unpaired) electrons. The van der Waals surface area contributed by atoms with Crippen molar-refractivity contribution in [3.8, 4) is 0 Å². The molecule has 0 unspecified atom stereocenters. The van der Waals surface area contributed by atoms with Gasteiger partial charge in [0.1, 0.15) is 17.2 Å². The van der Waals surface area contributed by atoms with Crippen molar-refractivity contribution >= 4 is 17.6 Å². The molecule has 1 aromatic carbocycles. The molecule has 3 N–H and O–H groups in total. The standard InChI is InChI=1S/C15H10F4N4O4/c1-23-9-8(11(25)21-13(23)27)14(12(26)20-9,15(17,18)19)22-10(24)6-4-2-3-5-7(6)16/h2-5H,1H3,(H,20,26)(H,22,24)(H,21,25,27)/t14-/m0/s1. The molecule has 12 heteroatoms. The number of aromatic nitrogens is 2. The molecule has 1 aliphatic rings. The van der Waals surface area contributed by atoms with E-state index in [4.69, 9.17) is 0 Å². The van der Waals surface area contributed by atoms with E-state index < -0.39 is 57.5 Å². The Balaban J connectivity index is 2.26. The van der Waals surface area contributed by atoms with Crippen molar-refractivity contribution in [3.05, 3.63) is 62.0 Å². The van der Waals surface area contributed by atoms with Crippen molar-refractivity contribution in [2.24, 2.45) is 7.05 Å². The topological polar surface area (TPSA) is 113 Å². The highest BCUT2D eigenvalue weighted by molar-refractivity contribution is 6.09. The van der Waals surface area contributed by atoms with E-state index >= 15 is 0 Å². The van der Waals surface area contributed by atoms with E-state index in [1.54, 1.807) is 10.3 Å². The SMILES string of the molecule is Cn1c2c(c(=O)[nH]c1=O)[C@@](NC(=O)c1ccccc1F)(C(F)(F)F)C(=O)N2. The molecule has 0 saturated carbocycles. The van der Waals surface area contributed by atoms with Crippen LogP contribution in [0.4, 0.5) is 23.4 Å². The van der Waals surface area contributed by atoms with E-state index in [1.807, 2.05) is 0 Å². The van der Waals surface area contributed by atoms with Crippen LogP contribution in [-0.4, -0.2) is 27.5 Å². The Morgan fingerprint density at radius 1 is 1.19 bits per heavy atom. The van der Waals surface area contributed by atoms with Crippen LogP contribution in [-0.2, 0) is 17.4 Å². The highest BCUT2D eigenvalue weighted by Crippen LogP contribution is 2.44. The number of carbonyl (C=O) groups is 2. The van der Waals surface area contributed by atoms with Crippen molar-refractivity contribution in [1.29, 1.82) is 0 Å². The second-order valence-electron chi connectivity index (χ2n) is 5.68. The van der Waals surface area contributed by atoms with Crippen LogP contribution >= 0.6 is 0 Å². The van der Waals surface area contributed by atoms with Gasteiger partial charge in [-0.1, -0.05) is 12.1 Å². The van der Waals surface area contributed by atoms with Crippen LogP contribution in [0.3, 0.4) is 0 Å². The Labute approximate surface area is 146 Å². The van der Waals surface area contributed by atoms with E-state index in [9.17, 15) is 36.7 Å². The summed E-state index contributed by atoms with van der Waals surface area (Å²) in [5.74, 6) is -5.22. The first kappa shape index (κ1) is 18.4. The van der Waals surface area contributed by atoms with Crippen LogP contribution in [0.2, 0.25) is 0 Å². The number of fused-ring (bicyclic) bond motifs is 1. The molecule has 2 amide bonds. The molecule has 142 valence electrons. The maximum Gasteiger partial charge on any atom is 0.425 e. The zero-order valence-corrected chi connectivity index (χ0v) is 13.4. The summed E-state index contributed by atoms with van der Waals surface area (Å²) in [5, 5.41) is 3.22. The molecule has 2 heterocycles. The van der Waals surface area contributed by atoms with Crippen molar-refractivity contribution in [3.63, 3.8) is 0 Å². The Kier molecular flexibility index (Phi) is 3.94. The quantitative estimate of drug-likeness (QED) is 0.647. The number of aromatic amines is 1. The third-order valence-electron chi connectivity index (χ3n) is 4.12. The van der Waals surface area contributed by atoms with Gasteiger partial charge in [0.25, 0.3) is 22.9 Å². The highest BCUT2D eigenvalue weighted by atomic mass is 19.4. The molecule has 1 aliphatic heterocycles. The minimum Gasteiger partial charge on any atom is -0.326 e. The largest absolute Gasteiger partial charge is 0.425 e. The zero-order valence-electron chi connectivity index (χ0n) is 13.4. The predicted octanol–water partition coefficient (Wildman–Crippen LogP) is 0.352. The Morgan fingerprint density at radius 3 is 2.41 bits per heavy atom. The fourth-order valence-electron chi connectivity index (χ4n) is 2.77. The molecule has 0 aliphatic carbocycles. The maximum atomic E-state index is 13.9. The number of amides is 2. The predicted molar refractivity (Wildman–Crippen MR) is 82.5 cm³/mol. The van der Waals surface area contributed by atoms with Gasteiger partial charge in [-0.15, -0.1) is 0 Å². The van der Waals surface area contributed by atoms with Gasteiger partial charge in [0.15, 0.2) is 0 Å². The van der Waals surface area contributed by atoms with Gasteiger partial charge >= 0.3 is 11.9 Å². The van der Waals surface area contributed by atoms with Gasteiger partial charge < -0.3 is 10.6 Å². The van der Waals surface area contributed by atoms with Crippen LogP contribution in [0.25, 0.3) is 0 Å². The highest BCUT2D eigenvalue weighted by Gasteiger charge is 2.68.